The van der Waals surface area contributed by atoms with Gasteiger partial charge in [0.05, 0.1) is 10.6 Å². The standard InChI is InChI=1S/C31H29N3O4S/c1-2-3-18-34-28-16-15-27(25-9-6-10-26(29(25)28)31(34)36)32-30(35)22-11-13-24(14-12-22)39(37,38)33-19-17-21-7-4-5-8-23(21)20-33/h4-16H,2-3,17-20H2,1H3,(H,32,35). The first-order chi connectivity index (χ1) is 18.9. The van der Waals surface area contributed by atoms with Crippen molar-refractivity contribution in [2.24, 2.45) is 0 Å². The largest absolute Gasteiger partial charge is 0.321 e. The fraction of sp³-hybridized carbons (Fsp3) is 0.226. The van der Waals surface area contributed by atoms with Crippen molar-refractivity contribution in [2.45, 2.75) is 37.6 Å². The lowest BCUT2D eigenvalue weighted by Gasteiger charge is -2.28. The maximum Gasteiger partial charge on any atom is 0.258 e. The summed E-state index contributed by atoms with van der Waals surface area (Å²) in [6, 6.07) is 23.2. The molecule has 4 aromatic rings. The molecule has 0 atom stereocenters. The molecular weight excluding hydrogens is 510 g/mol. The Morgan fingerprint density at radius 2 is 1.69 bits per heavy atom. The minimum atomic E-state index is -3.69. The van der Waals surface area contributed by atoms with Crippen LogP contribution in [0.3, 0.4) is 0 Å². The highest BCUT2D eigenvalue weighted by molar-refractivity contribution is 7.89. The number of hydrogen-bond acceptors (Lipinski definition) is 4. The molecule has 0 aliphatic carbocycles. The van der Waals surface area contributed by atoms with E-state index < -0.39 is 10.0 Å². The van der Waals surface area contributed by atoms with Gasteiger partial charge in [0.25, 0.3) is 11.8 Å². The number of carbonyl (C=O) groups is 2. The second-order valence-corrected chi connectivity index (χ2v) is 11.9. The Morgan fingerprint density at radius 3 is 2.46 bits per heavy atom. The van der Waals surface area contributed by atoms with E-state index in [0.717, 1.165) is 34.9 Å². The molecule has 198 valence electrons. The van der Waals surface area contributed by atoms with Crippen molar-refractivity contribution in [3.63, 3.8) is 0 Å². The maximum atomic E-state index is 13.3. The van der Waals surface area contributed by atoms with E-state index in [1.807, 2.05) is 59.5 Å². The van der Waals surface area contributed by atoms with Gasteiger partial charge in [-0.15, -0.1) is 0 Å². The van der Waals surface area contributed by atoms with Crippen LogP contribution in [0, 0.1) is 0 Å². The summed E-state index contributed by atoms with van der Waals surface area (Å²) in [5.74, 6) is -0.361. The van der Waals surface area contributed by atoms with E-state index in [0.29, 0.717) is 42.9 Å². The number of benzene rings is 4. The molecule has 0 radical (unpaired) electrons. The molecule has 0 saturated carbocycles. The lowest BCUT2D eigenvalue weighted by Crippen LogP contribution is -2.35. The Morgan fingerprint density at radius 1 is 0.923 bits per heavy atom. The highest BCUT2D eigenvalue weighted by Gasteiger charge is 2.31. The number of fused-ring (bicyclic) bond motifs is 1. The van der Waals surface area contributed by atoms with Crippen molar-refractivity contribution < 1.29 is 18.0 Å². The summed E-state index contributed by atoms with van der Waals surface area (Å²) < 4.78 is 28.1. The Kier molecular flexibility index (Phi) is 6.45. The molecule has 0 aromatic heterocycles. The van der Waals surface area contributed by atoms with Gasteiger partial charge in [0.1, 0.15) is 0 Å². The third kappa shape index (κ3) is 4.39. The van der Waals surface area contributed by atoms with Crippen LogP contribution in [0.2, 0.25) is 0 Å². The molecule has 4 aromatic carbocycles. The smallest absolute Gasteiger partial charge is 0.258 e. The van der Waals surface area contributed by atoms with Crippen LogP contribution in [-0.2, 0) is 23.0 Å². The Bertz CT molecular complexity index is 1710. The molecular formula is C31H29N3O4S. The Labute approximate surface area is 228 Å². The quantitative estimate of drug-likeness (QED) is 0.331. The summed E-state index contributed by atoms with van der Waals surface area (Å²) in [5, 5.41) is 4.61. The number of unbranched alkanes of at least 4 members (excludes halogenated alkanes) is 1. The van der Waals surface area contributed by atoms with Gasteiger partial charge in [-0.05, 0) is 66.4 Å². The van der Waals surface area contributed by atoms with Gasteiger partial charge in [-0.3, -0.25) is 9.59 Å². The molecule has 1 N–H and O–H groups in total. The van der Waals surface area contributed by atoms with E-state index in [9.17, 15) is 18.0 Å². The lowest BCUT2D eigenvalue weighted by atomic mass is 10.0. The van der Waals surface area contributed by atoms with Crippen molar-refractivity contribution in [1.82, 2.24) is 4.31 Å². The van der Waals surface area contributed by atoms with Crippen molar-refractivity contribution in [3.05, 3.63) is 101 Å². The van der Waals surface area contributed by atoms with Gasteiger partial charge in [-0.1, -0.05) is 49.7 Å². The fourth-order valence-corrected chi connectivity index (χ4v) is 6.91. The molecule has 0 unspecified atom stereocenters. The third-order valence-electron chi connectivity index (χ3n) is 7.62. The molecule has 8 heteroatoms. The topological polar surface area (TPSA) is 86.8 Å². The lowest BCUT2D eigenvalue weighted by molar-refractivity contribution is 0.0991. The van der Waals surface area contributed by atoms with Crippen molar-refractivity contribution in [3.8, 4) is 0 Å². The third-order valence-corrected chi connectivity index (χ3v) is 9.48. The van der Waals surface area contributed by atoms with Gasteiger partial charge in [-0.2, -0.15) is 4.31 Å². The minimum absolute atomic E-state index is 0.0125. The number of sulfonamides is 1. The van der Waals surface area contributed by atoms with Crippen LogP contribution in [0.4, 0.5) is 11.4 Å². The Hall–Kier alpha value is -4.01. The van der Waals surface area contributed by atoms with Crippen LogP contribution in [0.1, 0.15) is 51.6 Å². The van der Waals surface area contributed by atoms with E-state index in [2.05, 4.69) is 12.2 Å². The number of nitrogens with one attached hydrogen (secondary N) is 1. The van der Waals surface area contributed by atoms with Crippen LogP contribution < -0.4 is 10.2 Å². The highest BCUT2D eigenvalue weighted by Crippen LogP contribution is 2.40. The summed E-state index contributed by atoms with van der Waals surface area (Å²) in [7, 11) is -3.69. The molecule has 2 aliphatic heterocycles. The second-order valence-electron chi connectivity index (χ2n) is 10.0. The summed E-state index contributed by atoms with van der Waals surface area (Å²) >= 11 is 0. The first-order valence-corrected chi connectivity index (χ1v) is 14.7. The van der Waals surface area contributed by atoms with Crippen molar-refractivity contribution in [1.29, 1.82) is 0 Å². The summed E-state index contributed by atoms with van der Waals surface area (Å²) in [6.07, 6.45) is 2.58. The van der Waals surface area contributed by atoms with Crippen LogP contribution in [0.15, 0.2) is 83.8 Å². The molecule has 6 rings (SSSR count). The van der Waals surface area contributed by atoms with E-state index >= 15 is 0 Å². The first-order valence-electron chi connectivity index (χ1n) is 13.2. The molecule has 2 amide bonds. The first kappa shape index (κ1) is 25.3. The van der Waals surface area contributed by atoms with E-state index in [1.165, 1.54) is 34.1 Å². The van der Waals surface area contributed by atoms with Gasteiger partial charge >= 0.3 is 0 Å². The molecule has 2 heterocycles. The maximum absolute atomic E-state index is 13.3. The van der Waals surface area contributed by atoms with Gasteiger partial charge in [0.2, 0.25) is 10.0 Å². The molecule has 0 saturated heterocycles. The number of rotatable bonds is 7. The van der Waals surface area contributed by atoms with E-state index in [1.54, 1.807) is 0 Å². The number of hydrogen-bond donors (Lipinski definition) is 1. The molecule has 7 nitrogen and oxygen atoms in total. The van der Waals surface area contributed by atoms with Gasteiger partial charge < -0.3 is 10.2 Å². The number of nitrogens with zero attached hydrogens (tertiary/aromatic N) is 2. The molecule has 2 aliphatic rings. The zero-order valence-electron chi connectivity index (χ0n) is 21.7. The number of carbonyl (C=O) groups excluding carboxylic acids is 2. The van der Waals surface area contributed by atoms with Crippen molar-refractivity contribution >= 4 is 44.0 Å². The SMILES string of the molecule is CCCCN1C(=O)c2cccc3c(NC(=O)c4ccc(S(=O)(=O)N5CCc6ccccc6C5)cc4)ccc1c23. The van der Waals surface area contributed by atoms with Gasteiger partial charge in [0.15, 0.2) is 0 Å². The summed E-state index contributed by atoms with van der Waals surface area (Å²) in [4.78, 5) is 28.2. The number of anilines is 2. The summed E-state index contributed by atoms with van der Waals surface area (Å²) in [5.41, 5.74) is 4.66. The normalized spacial score (nSPS) is 15.0. The minimum Gasteiger partial charge on any atom is -0.321 e. The highest BCUT2D eigenvalue weighted by atomic mass is 32.2. The fourth-order valence-electron chi connectivity index (χ4n) is 5.49. The molecule has 39 heavy (non-hydrogen) atoms. The molecule has 0 spiro atoms. The van der Waals surface area contributed by atoms with E-state index in [4.69, 9.17) is 0 Å². The van der Waals surface area contributed by atoms with Crippen LogP contribution in [-0.4, -0.2) is 37.6 Å². The van der Waals surface area contributed by atoms with Crippen LogP contribution in [0.25, 0.3) is 10.8 Å². The zero-order valence-corrected chi connectivity index (χ0v) is 22.5. The average molecular weight is 540 g/mol. The van der Waals surface area contributed by atoms with E-state index in [-0.39, 0.29) is 16.7 Å². The Balaban J connectivity index is 1.22. The molecule has 0 bridgehead atoms. The van der Waals surface area contributed by atoms with Crippen molar-refractivity contribution in [2.75, 3.05) is 23.3 Å². The van der Waals surface area contributed by atoms with Gasteiger partial charge in [-0.25, -0.2) is 8.42 Å². The monoisotopic (exact) mass is 539 g/mol. The van der Waals surface area contributed by atoms with Gasteiger partial charge in [0, 0.05) is 47.2 Å². The predicted molar refractivity (Wildman–Crippen MR) is 153 cm³/mol. The second kappa shape index (κ2) is 9.94. The zero-order chi connectivity index (χ0) is 27.1. The van der Waals surface area contributed by atoms with Crippen LogP contribution >= 0.6 is 0 Å². The average Bonchev–Trinajstić information content (AvgIpc) is 3.24. The predicted octanol–water partition coefficient (Wildman–Crippen LogP) is 5.60. The summed E-state index contributed by atoms with van der Waals surface area (Å²) in [6.45, 7) is 3.51. The van der Waals surface area contributed by atoms with Crippen LogP contribution in [0.5, 0.6) is 0 Å². The number of amides is 2. The molecule has 0 fully saturated rings.